The van der Waals surface area contributed by atoms with Crippen LogP contribution in [0.4, 0.5) is 0 Å². The van der Waals surface area contributed by atoms with Crippen molar-refractivity contribution in [3.63, 3.8) is 0 Å². The third-order valence-electron chi connectivity index (χ3n) is 12.9. The number of fused-ring (bicyclic) bond motifs is 1. The van der Waals surface area contributed by atoms with Crippen LogP contribution in [0.2, 0.25) is 0 Å². The fourth-order valence-electron chi connectivity index (χ4n) is 8.70. The summed E-state index contributed by atoms with van der Waals surface area (Å²) in [4.78, 5) is 102. The predicted molar refractivity (Wildman–Crippen MR) is 288 cm³/mol. The Morgan fingerprint density at radius 3 is 1.39 bits per heavy atom. The first-order valence-electron chi connectivity index (χ1n) is 25.3. The van der Waals surface area contributed by atoms with E-state index in [0.29, 0.717) is 35.1 Å². The second-order valence-electron chi connectivity index (χ2n) is 18.8. The van der Waals surface area contributed by atoms with Gasteiger partial charge in [0.2, 0.25) is 41.4 Å². The first-order chi connectivity index (χ1) is 36.6. The Balaban J connectivity index is 1.30. The second-order valence-corrected chi connectivity index (χ2v) is 18.8. The molecule has 0 aliphatic heterocycles. The van der Waals surface area contributed by atoms with Crippen molar-refractivity contribution in [2.75, 3.05) is 6.54 Å². The summed E-state index contributed by atoms with van der Waals surface area (Å²) in [6, 6.07) is 31.2. The van der Waals surface area contributed by atoms with Crippen molar-refractivity contribution in [2.45, 2.75) is 107 Å². The Morgan fingerprint density at radius 1 is 0.500 bits per heavy atom. The lowest BCUT2D eigenvalue weighted by molar-refractivity contribution is -0.135. The molecule has 15 N–H and O–H groups in total. The number of carbonyl (C=O) groups excluding carboxylic acids is 7. The van der Waals surface area contributed by atoms with Crippen LogP contribution < -0.4 is 49.1 Å². The quantitative estimate of drug-likeness (QED) is 0.0313. The van der Waals surface area contributed by atoms with Crippen LogP contribution >= 0.6 is 0 Å². The number of rotatable bonds is 28. The molecule has 1 aromatic heterocycles. The summed E-state index contributed by atoms with van der Waals surface area (Å²) >= 11 is 0. The number of nitrogens with two attached hydrogens (primary N) is 3. The van der Waals surface area contributed by atoms with Crippen LogP contribution in [0, 0.1) is 0 Å². The fraction of sp³-hybridized carbons (Fsp3) is 0.316. The number of phenolic OH excluding ortho intramolecular Hbond substituents is 1. The van der Waals surface area contributed by atoms with Crippen LogP contribution in [-0.4, -0.2) is 111 Å². The van der Waals surface area contributed by atoms with E-state index in [9.17, 15) is 43.8 Å². The van der Waals surface area contributed by atoms with Gasteiger partial charge in [0, 0.05) is 42.8 Å². The monoisotopic (exact) mass is 1040 g/mol. The molecule has 19 nitrogen and oxygen atoms in total. The zero-order chi connectivity index (χ0) is 54.6. The number of nitrogens with one attached hydrogen (secondary N) is 7. The molecule has 0 saturated carbocycles. The third kappa shape index (κ3) is 17.1. The molecular weight excluding hydrogens is 969 g/mol. The van der Waals surface area contributed by atoms with Gasteiger partial charge < -0.3 is 64.3 Å². The molecule has 19 heteroatoms. The van der Waals surface area contributed by atoms with Crippen LogP contribution in [-0.2, 0) is 65.7 Å². The van der Waals surface area contributed by atoms with Gasteiger partial charge in [0.25, 0.3) is 0 Å². The van der Waals surface area contributed by atoms with Gasteiger partial charge in [-0.2, -0.15) is 0 Å². The van der Waals surface area contributed by atoms with Gasteiger partial charge in [-0.05, 0) is 85.2 Å². The summed E-state index contributed by atoms with van der Waals surface area (Å²) in [7, 11) is 0. The van der Waals surface area contributed by atoms with Crippen molar-refractivity contribution in [1.82, 2.24) is 36.9 Å². The highest BCUT2D eigenvalue weighted by Gasteiger charge is 2.35. The van der Waals surface area contributed by atoms with Crippen LogP contribution in [0.3, 0.4) is 0 Å². The Labute approximate surface area is 441 Å². The van der Waals surface area contributed by atoms with Crippen molar-refractivity contribution < 1.29 is 43.8 Å². The van der Waals surface area contributed by atoms with Crippen molar-refractivity contribution in [3.05, 3.63) is 174 Å². The molecule has 0 fully saturated rings. The van der Waals surface area contributed by atoms with Gasteiger partial charge in [0.1, 0.15) is 42.0 Å². The number of aromatic amines is 1. The number of aromatic nitrogens is 1. The molecule has 6 rings (SSSR count). The maximum atomic E-state index is 14.9. The van der Waals surface area contributed by atoms with Gasteiger partial charge in [-0.1, -0.05) is 121 Å². The summed E-state index contributed by atoms with van der Waals surface area (Å²) in [6.45, 7) is 1.56. The number of primary amides is 1. The van der Waals surface area contributed by atoms with Gasteiger partial charge in [-0.15, -0.1) is 0 Å². The molecule has 0 spiro atoms. The lowest BCUT2D eigenvalue weighted by Crippen LogP contribution is -2.61. The molecule has 7 amide bonds. The molecule has 0 bridgehead atoms. The van der Waals surface area contributed by atoms with E-state index < -0.39 is 89.7 Å². The Hall–Kier alpha value is -8.39. The molecule has 76 heavy (non-hydrogen) atoms. The molecular formula is C57H68N10O9. The number of hydrogen-bond donors (Lipinski definition) is 12. The average Bonchev–Trinajstić information content (AvgIpc) is 3.82. The molecule has 5 aromatic carbocycles. The molecule has 0 radical (unpaired) electrons. The molecule has 0 saturated heterocycles. The molecule has 0 aliphatic carbocycles. The number of aliphatic hydroxyl groups is 1. The van der Waals surface area contributed by atoms with E-state index in [0.717, 1.165) is 16.5 Å². The average molecular weight is 1040 g/mol. The van der Waals surface area contributed by atoms with Crippen LogP contribution in [0.15, 0.2) is 146 Å². The molecule has 1 heterocycles. The highest BCUT2D eigenvalue weighted by atomic mass is 16.3. The summed E-state index contributed by atoms with van der Waals surface area (Å²) in [5, 5.41) is 37.6. The van der Waals surface area contributed by atoms with Crippen molar-refractivity contribution in [3.8, 4) is 5.75 Å². The number of aromatic hydroxyl groups is 1. The van der Waals surface area contributed by atoms with Crippen molar-refractivity contribution in [1.29, 1.82) is 0 Å². The van der Waals surface area contributed by atoms with E-state index in [2.05, 4.69) is 36.9 Å². The smallest absolute Gasteiger partial charge is 0.243 e. The predicted octanol–water partition coefficient (Wildman–Crippen LogP) is 1.62. The maximum absolute atomic E-state index is 14.9. The number of amides is 7. The Morgan fingerprint density at radius 2 is 0.908 bits per heavy atom. The number of aliphatic hydroxyl groups excluding tert-OH is 1. The van der Waals surface area contributed by atoms with E-state index in [1.54, 1.807) is 72.9 Å². The van der Waals surface area contributed by atoms with Gasteiger partial charge in [-0.3, -0.25) is 33.6 Å². The molecule has 400 valence electrons. The van der Waals surface area contributed by atoms with Crippen molar-refractivity contribution >= 4 is 52.3 Å². The summed E-state index contributed by atoms with van der Waals surface area (Å²) in [5.41, 5.74) is 21.8. The maximum Gasteiger partial charge on any atom is 0.243 e. The molecule has 0 unspecified atom stereocenters. The minimum atomic E-state index is -1.48. The number of hydrogen-bond acceptors (Lipinski definition) is 11. The fourth-order valence-corrected chi connectivity index (χ4v) is 8.70. The lowest BCUT2D eigenvalue weighted by atomic mass is 9.99. The topological polar surface area (TPSA) is 326 Å². The van der Waals surface area contributed by atoms with E-state index in [1.807, 2.05) is 60.7 Å². The van der Waals surface area contributed by atoms with E-state index in [4.69, 9.17) is 17.2 Å². The summed E-state index contributed by atoms with van der Waals surface area (Å²) < 4.78 is 0. The lowest BCUT2D eigenvalue weighted by Gasteiger charge is -2.28. The highest BCUT2D eigenvalue weighted by Crippen LogP contribution is 2.20. The van der Waals surface area contributed by atoms with Crippen molar-refractivity contribution in [2.24, 2.45) is 17.2 Å². The number of benzene rings is 5. The summed E-state index contributed by atoms with van der Waals surface area (Å²) in [6.07, 6.45) is 1.20. The first-order valence-corrected chi connectivity index (χ1v) is 25.3. The van der Waals surface area contributed by atoms with E-state index in [1.165, 1.54) is 19.1 Å². The number of phenols is 1. The van der Waals surface area contributed by atoms with E-state index >= 15 is 0 Å². The molecule has 8 atom stereocenters. The highest BCUT2D eigenvalue weighted by molar-refractivity contribution is 5.98. The third-order valence-corrected chi connectivity index (χ3v) is 12.9. The molecule has 0 aliphatic rings. The minimum Gasteiger partial charge on any atom is -0.508 e. The van der Waals surface area contributed by atoms with Gasteiger partial charge in [0.15, 0.2) is 0 Å². The number of unbranched alkanes of at least 4 members (excludes halogenated alkanes) is 1. The Bertz CT molecular complexity index is 2870. The largest absolute Gasteiger partial charge is 0.508 e. The summed E-state index contributed by atoms with van der Waals surface area (Å²) in [5.74, 6) is -5.50. The first kappa shape index (κ1) is 56.9. The SMILES string of the molecule is C[C@@H](O)[C@H](NC(=O)[C@H](Cc1ccccc1)NC(=O)[C@H](CCCCN)NC(=O)[C@@H](Cc1c[nH]c2ccccc12)NC(=O)[C@H](Cc1ccc(O)cc1)NC(=O)[C@H](Cc1ccccc1)NC(=O)[C@H](N)Cc1ccccc1)C(N)=O. The van der Waals surface area contributed by atoms with Gasteiger partial charge in [0.05, 0.1) is 12.1 Å². The number of H-pyrrole nitrogens is 1. The zero-order valence-electron chi connectivity index (χ0n) is 42.3. The van der Waals surface area contributed by atoms with Crippen LogP contribution in [0.1, 0.15) is 54.0 Å². The standard InChI is InChI=1S/C57H68N10O9/c1-35(68)50(51(60)70)67-57(76)48(31-38-19-9-4-10-20-38)64-53(72)45(23-13-14-28-58)62-56(75)49(33-40-34-61-44-22-12-11-21-42(40)44)66-55(74)47(32-39-24-26-41(69)27-25-39)65-54(73)46(30-37-17-7-3-8-18-37)63-52(71)43(59)29-36-15-5-2-6-16-36/h2-12,15-22,24-27,34-35,43,45-50,61,68-69H,13-14,23,28-33,58-59H2,1H3,(H2,60,70)(H,62,75)(H,63,71)(H,64,72)(H,65,73)(H,66,74)(H,67,76)/t35-,43-,45+,46+,47+,48+,49-,50+/m1/s1. The normalized spacial score (nSPS) is 14.3. The van der Waals surface area contributed by atoms with Crippen LogP contribution in [0.5, 0.6) is 5.75 Å². The second kappa shape index (κ2) is 28.3. The molecule has 6 aromatic rings. The van der Waals surface area contributed by atoms with E-state index in [-0.39, 0.29) is 50.8 Å². The zero-order valence-corrected chi connectivity index (χ0v) is 42.3. The van der Waals surface area contributed by atoms with Gasteiger partial charge in [-0.25, -0.2) is 0 Å². The number of carbonyl (C=O) groups is 7. The minimum absolute atomic E-state index is 0.0311. The Kier molecular flexibility index (Phi) is 21.2. The number of para-hydroxylation sites is 1. The van der Waals surface area contributed by atoms with Gasteiger partial charge >= 0.3 is 0 Å². The van der Waals surface area contributed by atoms with Crippen LogP contribution in [0.25, 0.3) is 10.9 Å².